The smallest absolute Gasteiger partial charge is 0.123 e. The van der Waals surface area contributed by atoms with Crippen molar-refractivity contribution in [3.63, 3.8) is 0 Å². The Hall–Kier alpha value is -1.05. The normalized spacial score (nSPS) is 10.8. The van der Waals surface area contributed by atoms with Crippen LogP contribution < -0.4 is 5.73 Å². The van der Waals surface area contributed by atoms with Crippen LogP contribution >= 0.6 is 0 Å². The second kappa shape index (κ2) is 3.13. The average Bonchev–Trinajstić information content (AvgIpc) is 1.96. The van der Waals surface area contributed by atoms with E-state index in [1.54, 1.807) is 0 Å². The lowest BCUT2D eigenvalue weighted by atomic mass is 9.98. The largest absolute Gasteiger partial charge is 0.398 e. The quantitative estimate of drug-likeness (QED) is 0.639. The minimum absolute atomic E-state index is 0.203. The Labute approximate surface area is 72.4 Å². The van der Waals surface area contributed by atoms with E-state index in [4.69, 9.17) is 5.73 Å². The van der Waals surface area contributed by atoms with E-state index in [9.17, 15) is 4.39 Å². The van der Waals surface area contributed by atoms with E-state index in [1.807, 2.05) is 20.8 Å². The van der Waals surface area contributed by atoms with Gasteiger partial charge in [-0.3, -0.25) is 0 Å². The number of anilines is 1. The molecule has 0 atom stereocenters. The molecule has 0 amide bonds. The third-order valence-corrected chi connectivity index (χ3v) is 2.01. The first-order valence-corrected chi connectivity index (χ1v) is 4.08. The van der Waals surface area contributed by atoms with E-state index in [-0.39, 0.29) is 11.7 Å². The van der Waals surface area contributed by atoms with Crippen molar-refractivity contribution in [2.24, 2.45) is 0 Å². The molecule has 0 spiro atoms. The van der Waals surface area contributed by atoms with Crippen LogP contribution in [0.1, 0.15) is 30.9 Å². The van der Waals surface area contributed by atoms with Gasteiger partial charge in [0, 0.05) is 5.69 Å². The van der Waals surface area contributed by atoms with Crippen LogP contribution in [0.3, 0.4) is 0 Å². The number of hydrogen-bond acceptors (Lipinski definition) is 1. The second-order valence-electron chi connectivity index (χ2n) is 3.38. The monoisotopic (exact) mass is 167 g/mol. The predicted molar refractivity (Wildman–Crippen MR) is 49.6 cm³/mol. The number of benzene rings is 1. The van der Waals surface area contributed by atoms with Crippen molar-refractivity contribution in [2.75, 3.05) is 5.73 Å². The lowest BCUT2D eigenvalue weighted by molar-refractivity contribution is 0.622. The Bertz CT molecular complexity index is 292. The van der Waals surface area contributed by atoms with E-state index < -0.39 is 0 Å². The summed E-state index contributed by atoms with van der Waals surface area (Å²) in [6.45, 7) is 5.83. The highest BCUT2D eigenvalue weighted by atomic mass is 19.1. The van der Waals surface area contributed by atoms with Crippen LogP contribution in [-0.2, 0) is 0 Å². The van der Waals surface area contributed by atoms with E-state index in [0.29, 0.717) is 5.69 Å². The van der Waals surface area contributed by atoms with E-state index >= 15 is 0 Å². The Balaban J connectivity index is 3.28. The zero-order valence-corrected chi connectivity index (χ0v) is 7.69. The van der Waals surface area contributed by atoms with Gasteiger partial charge in [-0.1, -0.05) is 13.8 Å². The summed E-state index contributed by atoms with van der Waals surface area (Å²) >= 11 is 0. The van der Waals surface area contributed by atoms with Crippen molar-refractivity contribution in [3.8, 4) is 0 Å². The first kappa shape index (κ1) is 9.04. The maximum atomic E-state index is 12.9. The third kappa shape index (κ3) is 1.58. The summed E-state index contributed by atoms with van der Waals surface area (Å²) < 4.78 is 12.9. The molecule has 0 heterocycles. The SMILES string of the molecule is Cc1cc(F)cc(C(C)C)c1N. The number of rotatable bonds is 1. The van der Waals surface area contributed by atoms with Gasteiger partial charge in [0.05, 0.1) is 0 Å². The highest BCUT2D eigenvalue weighted by Crippen LogP contribution is 2.25. The van der Waals surface area contributed by atoms with E-state index in [0.717, 1.165) is 11.1 Å². The fraction of sp³-hybridized carbons (Fsp3) is 0.400. The number of nitrogens with two attached hydrogens (primary N) is 1. The summed E-state index contributed by atoms with van der Waals surface area (Å²) in [5.74, 6) is 0.0739. The van der Waals surface area contributed by atoms with Gasteiger partial charge in [0.2, 0.25) is 0 Å². The van der Waals surface area contributed by atoms with Crippen molar-refractivity contribution in [3.05, 3.63) is 29.1 Å². The highest BCUT2D eigenvalue weighted by Gasteiger charge is 2.07. The van der Waals surface area contributed by atoms with Crippen molar-refractivity contribution >= 4 is 5.69 Å². The zero-order chi connectivity index (χ0) is 9.30. The van der Waals surface area contributed by atoms with E-state index in [2.05, 4.69) is 0 Å². The molecule has 0 fully saturated rings. The standard InChI is InChI=1S/C10H14FN/c1-6(2)9-5-8(11)4-7(3)10(9)12/h4-6H,12H2,1-3H3. The molecule has 0 bridgehead atoms. The van der Waals surface area contributed by atoms with Crippen LogP contribution in [0.5, 0.6) is 0 Å². The molecule has 0 aliphatic heterocycles. The van der Waals surface area contributed by atoms with Crippen LogP contribution in [0.25, 0.3) is 0 Å². The molecule has 0 aromatic heterocycles. The summed E-state index contributed by atoms with van der Waals surface area (Å²) in [6, 6.07) is 2.97. The Morgan fingerprint density at radius 1 is 1.33 bits per heavy atom. The molecule has 0 radical (unpaired) electrons. The van der Waals surface area contributed by atoms with Crippen LogP contribution in [0.4, 0.5) is 10.1 Å². The topological polar surface area (TPSA) is 26.0 Å². The summed E-state index contributed by atoms with van der Waals surface area (Å²) in [5.41, 5.74) is 8.21. The summed E-state index contributed by atoms with van der Waals surface area (Å²) in [6.07, 6.45) is 0. The Morgan fingerprint density at radius 3 is 2.42 bits per heavy atom. The highest BCUT2D eigenvalue weighted by molar-refractivity contribution is 5.54. The molecule has 66 valence electrons. The molecule has 1 aromatic rings. The van der Waals surface area contributed by atoms with Crippen molar-refractivity contribution < 1.29 is 4.39 Å². The van der Waals surface area contributed by atoms with E-state index in [1.165, 1.54) is 12.1 Å². The second-order valence-corrected chi connectivity index (χ2v) is 3.38. The summed E-state index contributed by atoms with van der Waals surface area (Å²) in [7, 11) is 0. The third-order valence-electron chi connectivity index (χ3n) is 2.01. The molecular weight excluding hydrogens is 153 g/mol. The van der Waals surface area contributed by atoms with Crippen LogP contribution in [0.15, 0.2) is 12.1 Å². The molecule has 0 unspecified atom stereocenters. The van der Waals surface area contributed by atoms with Gasteiger partial charge in [-0.25, -0.2) is 4.39 Å². The van der Waals surface area contributed by atoms with Crippen molar-refractivity contribution in [1.82, 2.24) is 0 Å². The molecule has 0 saturated carbocycles. The van der Waals surface area contributed by atoms with Gasteiger partial charge in [-0.2, -0.15) is 0 Å². The average molecular weight is 167 g/mol. The van der Waals surface area contributed by atoms with Gasteiger partial charge in [-0.05, 0) is 36.1 Å². The van der Waals surface area contributed by atoms with Gasteiger partial charge >= 0.3 is 0 Å². The van der Waals surface area contributed by atoms with Crippen LogP contribution in [0, 0.1) is 12.7 Å². The molecular formula is C10H14FN. The van der Waals surface area contributed by atoms with Gasteiger partial charge in [0.15, 0.2) is 0 Å². The van der Waals surface area contributed by atoms with Gasteiger partial charge < -0.3 is 5.73 Å². The maximum absolute atomic E-state index is 12.9. The number of hydrogen-bond donors (Lipinski definition) is 1. The van der Waals surface area contributed by atoms with Crippen molar-refractivity contribution in [1.29, 1.82) is 0 Å². The van der Waals surface area contributed by atoms with Crippen molar-refractivity contribution in [2.45, 2.75) is 26.7 Å². The molecule has 0 aliphatic carbocycles. The number of nitrogen functional groups attached to an aromatic ring is 1. The summed E-state index contributed by atoms with van der Waals surface area (Å²) in [5, 5.41) is 0. The first-order chi connectivity index (χ1) is 5.52. The molecule has 2 heteroatoms. The van der Waals surface area contributed by atoms with Crippen LogP contribution in [-0.4, -0.2) is 0 Å². The molecule has 2 N–H and O–H groups in total. The van der Waals surface area contributed by atoms with Crippen LogP contribution in [0.2, 0.25) is 0 Å². The van der Waals surface area contributed by atoms with Gasteiger partial charge in [-0.15, -0.1) is 0 Å². The lowest BCUT2D eigenvalue weighted by Gasteiger charge is -2.11. The molecule has 0 saturated heterocycles. The number of halogens is 1. The lowest BCUT2D eigenvalue weighted by Crippen LogP contribution is -2.00. The minimum Gasteiger partial charge on any atom is -0.398 e. The maximum Gasteiger partial charge on any atom is 0.123 e. The Kier molecular flexibility index (Phi) is 2.36. The molecule has 1 rings (SSSR count). The molecule has 0 aliphatic rings. The first-order valence-electron chi connectivity index (χ1n) is 4.08. The fourth-order valence-electron chi connectivity index (χ4n) is 1.26. The zero-order valence-electron chi connectivity index (χ0n) is 7.69. The summed E-state index contributed by atoms with van der Waals surface area (Å²) in [4.78, 5) is 0. The fourth-order valence-corrected chi connectivity index (χ4v) is 1.26. The van der Waals surface area contributed by atoms with Gasteiger partial charge in [0.25, 0.3) is 0 Å². The minimum atomic E-state index is -0.203. The number of aryl methyl sites for hydroxylation is 1. The van der Waals surface area contributed by atoms with Gasteiger partial charge in [0.1, 0.15) is 5.82 Å². The predicted octanol–water partition coefficient (Wildman–Crippen LogP) is 2.84. The Morgan fingerprint density at radius 2 is 1.92 bits per heavy atom. The molecule has 1 aromatic carbocycles. The molecule has 12 heavy (non-hydrogen) atoms. The molecule has 1 nitrogen and oxygen atoms in total.